The van der Waals surface area contributed by atoms with Crippen molar-refractivity contribution in [1.29, 1.82) is 0 Å². The van der Waals surface area contributed by atoms with Gasteiger partial charge in [0, 0.05) is 6.54 Å². The lowest BCUT2D eigenvalue weighted by Crippen LogP contribution is -2.15. The Labute approximate surface area is 205 Å². The summed E-state index contributed by atoms with van der Waals surface area (Å²) < 4.78 is 53.9. The molecule has 0 atom stereocenters. The molecule has 2 N–H and O–H groups in total. The standard InChI is InChI=1S/C23H49NO10/c1-23(2)34-22-21-33-20-19-32-18-17-31-16-15-30-14-13-29-12-11-28-10-9-27-8-7-26-6-5-25-4-3-24/h23H,3-22,24H2,1-2H3. The minimum absolute atomic E-state index is 0.236. The highest BCUT2D eigenvalue weighted by Crippen LogP contribution is 1.88. The van der Waals surface area contributed by atoms with E-state index in [1.807, 2.05) is 13.8 Å². The molecule has 0 radical (unpaired) electrons. The number of ether oxygens (including phenoxy) is 10. The van der Waals surface area contributed by atoms with E-state index in [1.54, 1.807) is 0 Å². The average Bonchev–Trinajstić information content (AvgIpc) is 2.83. The van der Waals surface area contributed by atoms with Crippen LogP contribution in [0, 0.1) is 0 Å². The molecule has 0 heterocycles. The Hall–Kier alpha value is -0.440. The lowest BCUT2D eigenvalue weighted by molar-refractivity contribution is -0.0278. The van der Waals surface area contributed by atoms with Crippen LogP contribution >= 0.6 is 0 Å². The topological polar surface area (TPSA) is 118 Å². The van der Waals surface area contributed by atoms with E-state index >= 15 is 0 Å². The van der Waals surface area contributed by atoms with Crippen LogP contribution in [-0.2, 0) is 47.4 Å². The van der Waals surface area contributed by atoms with Gasteiger partial charge in [-0.1, -0.05) is 0 Å². The van der Waals surface area contributed by atoms with E-state index in [0.29, 0.717) is 132 Å². The van der Waals surface area contributed by atoms with E-state index in [1.165, 1.54) is 0 Å². The lowest BCUT2D eigenvalue weighted by Gasteiger charge is -2.09. The van der Waals surface area contributed by atoms with Crippen molar-refractivity contribution in [1.82, 2.24) is 0 Å². The van der Waals surface area contributed by atoms with Crippen LogP contribution in [0.3, 0.4) is 0 Å². The van der Waals surface area contributed by atoms with Gasteiger partial charge in [0.25, 0.3) is 0 Å². The maximum atomic E-state index is 5.44. The fraction of sp³-hybridized carbons (Fsp3) is 1.00. The first-order valence-corrected chi connectivity index (χ1v) is 12.3. The molecule has 0 fully saturated rings. The quantitative estimate of drug-likeness (QED) is 0.139. The molecule has 0 aliphatic heterocycles. The van der Waals surface area contributed by atoms with Crippen LogP contribution in [0.25, 0.3) is 0 Å². The Bertz CT molecular complexity index is 367. The fourth-order valence-electron chi connectivity index (χ4n) is 2.29. The van der Waals surface area contributed by atoms with Gasteiger partial charge in [0.1, 0.15) is 0 Å². The van der Waals surface area contributed by atoms with Gasteiger partial charge in [-0.3, -0.25) is 0 Å². The molecule has 0 bridgehead atoms. The Morgan fingerprint density at radius 3 is 0.765 bits per heavy atom. The van der Waals surface area contributed by atoms with Gasteiger partial charge in [0.2, 0.25) is 0 Å². The Morgan fingerprint density at radius 2 is 0.559 bits per heavy atom. The van der Waals surface area contributed by atoms with Crippen LogP contribution in [0.1, 0.15) is 13.8 Å². The highest BCUT2D eigenvalue weighted by Gasteiger charge is 1.96. The van der Waals surface area contributed by atoms with Crippen LogP contribution in [-0.4, -0.2) is 138 Å². The molecule has 206 valence electrons. The monoisotopic (exact) mass is 499 g/mol. The van der Waals surface area contributed by atoms with Crippen molar-refractivity contribution >= 4 is 0 Å². The smallest absolute Gasteiger partial charge is 0.0703 e. The van der Waals surface area contributed by atoms with Gasteiger partial charge < -0.3 is 53.1 Å². The number of hydrogen-bond donors (Lipinski definition) is 1. The van der Waals surface area contributed by atoms with Crippen LogP contribution in [0.2, 0.25) is 0 Å². The molecule has 0 aromatic carbocycles. The molecule has 0 aromatic rings. The van der Waals surface area contributed by atoms with Crippen LogP contribution in [0.4, 0.5) is 0 Å². The van der Waals surface area contributed by atoms with E-state index in [9.17, 15) is 0 Å². The third-order valence-electron chi connectivity index (χ3n) is 3.92. The van der Waals surface area contributed by atoms with E-state index in [4.69, 9.17) is 53.1 Å². The second-order valence-electron chi connectivity index (χ2n) is 7.22. The summed E-state index contributed by atoms with van der Waals surface area (Å²) in [6, 6.07) is 0. The predicted octanol–water partition coefficient (Wildman–Crippen LogP) is 0.520. The van der Waals surface area contributed by atoms with E-state index < -0.39 is 0 Å². The van der Waals surface area contributed by atoms with Crippen molar-refractivity contribution in [3.05, 3.63) is 0 Å². The van der Waals surface area contributed by atoms with Crippen molar-refractivity contribution in [2.24, 2.45) is 5.73 Å². The normalized spacial score (nSPS) is 11.6. The number of hydrogen-bond acceptors (Lipinski definition) is 11. The van der Waals surface area contributed by atoms with Crippen LogP contribution < -0.4 is 5.73 Å². The van der Waals surface area contributed by atoms with Crippen LogP contribution in [0.5, 0.6) is 0 Å². The number of rotatable bonds is 30. The molecule has 0 unspecified atom stereocenters. The summed E-state index contributed by atoms with van der Waals surface area (Å²) in [6.45, 7) is 14.9. The van der Waals surface area contributed by atoms with Gasteiger partial charge in [0.15, 0.2) is 0 Å². The summed E-state index contributed by atoms with van der Waals surface area (Å²) in [5.41, 5.74) is 5.32. The second kappa shape index (κ2) is 30.6. The summed E-state index contributed by atoms with van der Waals surface area (Å²) >= 11 is 0. The maximum absolute atomic E-state index is 5.44. The van der Waals surface area contributed by atoms with Gasteiger partial charge >= 0.3 is 0 Å². The zero-order chi connectivity index (χ0) is 24.8. The fourth-order valence-corrected chi connectivity index (χ4v) is 2.29. The minimum Gasteiger partial charge on any atom is -0.378 e. The zero-order valence-corrected chi connectivity index (χ0v) is 21.4. The molecule has 11 nitrogen and oxygen atoms in total. The Morgan fingerprint density at radius 1 is 0.353 bits per heavy atom. The molecule has 11 heteroatoms. The highest BCUT2D eigenvalue weighted by molar-refractivity contribution is 4.39. The molecular weight excluding hydrogens is 450 g/mol. The molecule has 0 saturated carbocycles. The molecule has 0 saturated heterocycles. The summed E-state index contributed by atoms with van der Waals surface area (Å²) in [6.07, 6.45) is 0.236. The zero-order valence-electron chi connectivity index (χ0n) is 21.4. The first-order valence-electron chi connectivity index (χ1n) is 12.3. The molecule has 0 amide bonds. The molecule has 0 aliphatic carbocycles. The summed E-state index contributed by atoms with van der Waals surface area (Å²) in [7, 11) is 0. The molecule has 0 aromatic heterocycles. The first kappa shape index (κ1) is 33.6. The maximum Gasteiger partial charge on any atom is 0.0703 e. The van der Waals surface area contributed by atoms with E-state index in [-0.39, 0.29) is 6.10 Å². The van der Waals surface area contributed by atoms with E-state index in [0.717, 1.165) is 0 Å². The first-order chi connectivity index (χ1) is 16.8. The molecule has 34 heavy (non-hydrogen) atoms. The van der Waals surface area contributed by atoms with Crippen molar-refractivity contribution in [2.75, 3.05) is 132 Å². The summed E-state index contributed by atoms with van der Waals surface area (Å²) in [4.78, 5) is 0. The Balaban J connectivity index is 3.00. The molecular formula is C23H49NO10. The SMILES string of the molecule is CC(C)OCCOCCOCCOCCOCCOCCOCCOCCOCCOCCN. The predicted molar refractivity (Wildman–Crippen MR) is 128 cm³/mol. The second-order valence-corrected chi connectivity index (χ2v) is 7.22. The van der Waals surface area contributed by atoms with Crippen molar-refractivity contribution in [3.8, 4) is 0 Å². The summed E-state index contributed by atoms with van der Waals surface area (Å²) in [5, 5.41) is 0. The van der Waals surface area contributed by atoms with Gasteiger partial charge in [-0.2, -0.15) is 0 Å². The van der Waals surface area contributed by atoms with Gasteiger partial charge in [-0.15, -0.1) is 0 Å². The molecule has 0 aliphatic rings. The third-order valence-corrected chi connectivity index (χ3v) is 3.92. The Kier molecular flexibility index (Phi) is 30.2. The minimum atomic E-state index is 0.236. The van der Waals surface area contributed by atoms with Crippen LogP contribution in [0.15, 0.2) is 0 Å². The van der Waals surface area contributed by atoms with Crippen molar-refractivity contribution in [2.45, 2.75) is 20.0 Å². The molecule has 0 rings (SSSR count). The largest absolute Gasteiger partial charge is 0.378 e. The van der Waals surface area contributed by atoms with E-state index in [2.05, 4.69) is 0 Å². The van der Waals surface area contributed by atoms with Gasteiger partial charge in [-0.25, -0.2) is 0 Å². The average molecular weight is 500 g/mol. The van der Waals surface area contributed by atoms with Crippen molar-refractivity contribution in [3.63, 3.8) is 0 Å². The number of nitrogens with two attached hydrogens (primary N) is 1. The van der Waals surface area contributed by atoms with Gasteiger partial charge in [-0.05, 0) is 13.8 Å². The highest BCUT2D eigenvalue weighted by atomic mass is 16.6. The van der Waals surface area contributed by atoms with Gasteiger partial charge in [0.05, 0.1) is 132 Å². The summed E-state index contributed by atoms with van der Waals surface area (Å²) in [5.74, 6) is 0. The molecule has 0 spiro atoms. The lowest BCUT2D eigenvalue weighted by atomic mass is 10.5. The van der Waals surface area contributed by atoms with Crippen molar-refractivity contribution < 1.29 is 47.4 Å². The third kappa shape index (κ3) is 31.6.